The van der Waals surface area contributed by atoms with Crippen LogP contribution in [0.1, 0.15) is 36.8 Å². The van der Waals surface area contributed by atoms with Gasteiger partial charge >= 0.3 is 0 Å². The van der Waals surface area contributed by atoms with Gasteiger partial charge in [0.25, 0.3) is 0 Å². The number of amides is 1. The number of hydrogen-bond acceptors (Lipinski definition) is 2. The molecule has 3 N–H and O–H groups in total. The monoisotopic (exact) mass is 296 g/mol. The van der Waals surface area contributed by atoms with Crippen molar-refractivity contribution in [2.75, 3.05) is 6.54 Å². The van der Waals surface area contributed by atoms with Crippen molar-refractivity contribution in [2.45, 2.75) is 44.6 Å². The fraction of sp³-hybridized carbons (Fsp3) is 0.562. The maximum absolute atomic E-state index is 13.1. The Morgan fingerprint density at radius 2 is 1.76 bits per heavy atom. The molecule has 0 heterocycles. The Kier molecular flexibility index (Phi) is 5.28. The van der Waals surface area contributed by atoms with Crippen molar-refractivity contribution >= 4 is 5.91 Å². The number of alkyl halides is 2. The Morgan fingerprint density at radius 3 is 2.33 bits per heavy atom. The standard InChI is InChI=1S/C16H22F2N2O/c17-16(18)8-5-14(6-9-16)15(21)20-11-13-3-1-12(2-4-13)7-10-19/h1-4,14H,5-11,19H2,(H,20,21). The van der Waals surface area contributed by atoms with Crippen LogP contribution in [0.15, 0.2) is 24.3 Å². The summed E-state index contributed by atoms with van der Waals surface area (Å²) in [5.74, 6) is -2.98. The highest BCUT2D eigenvalue weighted by Gasteiger charge is 2.37. The van der Waals surface area contributed by atoms with E-state index in [9.17, 15) is 13.6 Å². The second kappa shape index (κ2) is 6.98. The zero-order valence-electron chi connectivity index (χ0n) is 12.1. The molecule has 0 spiro atoms. The summed E-state index contributed by atoms with van der Waals surface area (Å²) in [7, 11) is 0. The number of nitrogens with two attached hydrogens (primary N) is 1. The van der Waals surface area contributed by atoms with Gasteiger partial charge in [-0.25, -0.2) is 8.78 Å². The Hall–Kier alpha value is -1.49. The van der Waals surface area contributed by atoms with Crippen molar-refractivity contribution in [3.63, 3.8) is 0 Å². The Morgan fingerprint density at radius 1 is 1.19 bits per heavy atom. The summed E-state index contributed by atoms with van der Waals surface area (Å²) in [6, 6.07) is 7.91. The smallest absolute Gasteiger partial charge is 0.248 e. The van der Waals surface area contributed by atoms with E-state index in [2.05, 4.69) is 5.32 Å². The van der Waals surface area contributed by atoms with Gasteiger partial charge in [-0.3, -0.25) is 4.79 Å². The minimum absolute atomic E-state index is 0.114. The SMILES string of the molecule is NCCc1ccc(CNC(=O)C2CCC(F)(F)CC2)cc1. The molecule has 1 saturated carbocycles. The lowest BCUT2D eigenvalue weighted by atomic mass is 9.86. The van der Waals surface area contributed by atoms with E-state index in [1.807, 2.05) is 24.3 Å². The molecule has 0 aromatic heterocycles. The second-order valence-corrected chi connectivity index (χ2v) is 5.70. The van der Waals surface area contributed by atoms with Crippen LogP contribution in [-0.2, 0) is 17.8 Å². The van der Waals surface area contributed by atoms with E-state index < -0.39 is 5.92 Å². The lowest BCUT2D eigenvalue weighted by Gasteiger charge is -2.27. The summed E-state index contributed by atoms with van der Waals surface area (Å²) in [5, 5.41) is 2.84. The largest absolute Gasteiger partial charge is 0.352 e. The second-order valence-electron chi connectivity index (χ2n) is 5.70. The quantitative estimate of drug-likeness (QED) is 0.877. The molecule has 21 heavy (non-hydrogen) atoms. The van der Waals surface area contributed by atoms with Crippen molar-refractivity contribution in [1.82, 2.24) is 5.32 Å². The van der Waals surface area contributed by atoms with Crippen LogP contribution in [-0.4, -0.2) is 18.4 Å². The molecule has 0 radical (unpaired) electrons. The lowest BCUT2D eigenvalue weighted by molar-refractivity contribution is -0.129. The summed E-state index contributed by atoms with van der Waals surface area (Å²) in [6.07, 6.45) is 1.02. The minimum atomic E-state index is -2.59. The van der Waals surface area contributed by atoms with Crippen LogP contribution in [0.4, 0.5) is 8.78 Å². The average molecular weight is 296 g/mol. The molecule has 1 aliphatic carbocycles. The van der Waals surface area contributed by atoms with Gasteiger partial charge in [0.15, 0.2) is 0 Å². The predicted molar refractivity (Wildman–Crippen MR) is 78.0 cm³/mol. The van der Waals surface area contributed by atoms with Gasteiger partial charge in [-0.15, -0.1) is 0 Å². The third-order valence-electron chi connectivity index (χ3n) is 4.01. The van der Waals surface area contributed by atoms with Gasteiger partial charge in [0.2, 0.25) is 11.8 Å². The molecule has 2 rings (SSSR count). The molecule has 5 heteroatoms. The van der Waals surface area contributed by atoms with Gasteiger partial charge in [-0.05, 0) is 36.9 Å². The molecular weight excluding hydrogens is 274 g/mol. The molecule has 1 aromatic carbocycles. The van der Waals surface area contributed by atoms with Gasteiger partial charge < -0.3 is 11.1 Å². The minimum Gasteiger partial charge on any atom is -0.352 e. The molecule has 116 valence electrons. The zero-order chi connectivity index (χ0) is 15.3. The Balaban J connectivity index is 1.78. The first-order valence-corrected chi connectivity index (χ1v) is 7.43. The maximum atomic E-state index is 13.1. The first-order valence-electron chi connectivity index (χ1n) is 7.43. The highest BCUT2D eigenvalue weighted by atomic mass is 19.3. The number of benzene rings is 1. The molecule has 1 amide bonds. The van der Waals surface area contributed by atoms with E-state index in [1.54, 1.807) is 0 Å². The number of rotatable bonds is 5. The van der Waals surface area contributed by atoms with E-state index in [-0.39, 0.29) is 37.5 Å². The predicted octanol–water partition coefficient (Wildman–Crippen LogP) is 2.63. The highest BCUT2D eigenvalue weighted by Crippen LogP contribution is 2.36. The van der Waals surface area contributed by atoms with Gasteiger partial charge in [0.05, 0.1) is 0 Å². The Labute approximate surface area is 123 Å². The third kappa shape index (κ3) is 4.77. The molecule has 0 unspecified atom stereocenters. The van der Waals surface area contributed by atoms with Gasteiger partial charge in [0.1, 0.15) is 0 Å². The number of nitrogens with one attached hydrogen (secondary N) is 1. The number of halogens is 2. The lowest BCUT2D eigenvalue weighted by Crippen LogP contribution is -2.35. The van der Waals surface area contributed by atoms with Gasteiger partial charge in [0, 0.05) is 25.3 Å². The van der Waals surface area contributed by atoms with Crippen molar-refractivity contribution in [3.8, 4) is 0 Å². The van der Waals surface area contributed by atoms with Crippen molar-refractivity contribution in [3.05, 3.63) is 35.4 Å². The van der Waals surface area contributed by atoms with E-state index in [1.165, 1.54) is 5.56 Å². The van der Waals surface area contributed by atoms with Crippen molar-refractivity contribution in [1.29, 1.82) is 0 Å². The van der Waals surface area contributed by atoms with Crippen LogP contribution in [0.2, 0.25) is 0 Å². The fourth-order valence-electron chi connectivity index (χ4n) is 2.63. The van der Waals surface area contributed by atoms with Crippen LogP contribution in [0.3, 0.4) is 0 Å². The molecule has 1 fully saturated rings. The van der Waals surface area contributed by atoms with Crippen molar-refractivity contribution in [2.24, 2.45) is 11.7 Å². The number of carbonyl (C=O) groups excluding carboxylic acids is 1. The highest BCUT2D eigenvalue weighted by molar-refractivity contribution is 5.78. The van der Waals surface area contributed by atoms with Gasteiger partial charge in [-0.1, -0.05) is 24.3 Å². The normalized spacial score (nSPS) is 18.4. The number of hydrogen-bond donors (Lipinski definition) is 2. The fourth-order valence-corrected chi connectivity index (χ4v) is 2.63. The van der Waals surface area contributed by atoms with E-state index in [4.69, 9.17) is 5.73 Å². The van der Waals surface area contributed by atoms with E-state index in [0.29, 0.717) is 13.1 Å². The van der Waals surface area contributed by atoms with E-state index >= 15 is 0 Å². The van der Waals surface area contributed by atoms with Crippen LogP contribution < -0.4 is 11.1 Å². The Bertz CT molecular complexity index is 464. The first-order chi connectivity index (χ1) is 10.00. The van der Waals surface area contributed by atoms with Crippen molar-refractivity contribution < 1.29 is 13.6 Å². The van der Waals surface area contributed by atoms with Crippen LogP contribution in [0, 0.1) is 5.92 Å². The molecule has 1 aromatic rings. The molecule has 0 bridgehead atoms. The van der Waals surface area contributed by atoms with Crippen LogP contribution >= 0.6 is 0 Å². The summed E-state index contributed by atoms with van der Waals surface area (Å²) in [6.45, 7) is 1.05. The summed E-state index contributed by atoms with van der Waals surface area (Å²) in [5.41, 5.74) is 7.66. The van der Waals surface area contributed by atoms with Crippen LogP contribution in [0.25, 0.3) is 0 Å². The molecule has 0 saturated heterocycles. The van der Waals surface area contributed by atoms with E-state index in [0.717, 1.165) is 12.0 Å². The topological polar surface area (TPSA) is 55.1 Å². The summed E-state index contributed by atoms with van der Waals surface area (Å²) in [4.78, 5) is 12.0. The molecule has 0 atom stereocenters. The average Bonchev–Trinajstić information content (AvgIpc) is 2.46. The summed E-state index contributed by atoms with van der Waals surface area (Å²) >= 11 is 0. The molecule has 3 nitrogen and oxygen atoms in total. The first kappa shape index (κ1) is 15.9. The molecular formula is C16H22F2N2O. The maximum Gasteiger partial charge on any atom is 0.248 e. The molecule has 1 aliphatic rings. The molecule has 0 aliphatic heterocycles. The zero-order valence-corrected chi connectivity index (χ0v) is 12.1. The number of carbonyl (C=O) groups is 1. The third-order valence-corrected chi connectivity index (χ3v) is 4.01. The van der Waals surface area contributed by atoms with Gasteiger partial charge in [-0.2, -0.15) is 0 Å². The van der Waals surface area contributed by atoms with Crippen LogP contribution in [0.5, 0.6) is 0 Å². The summed E-state index contributed by atoms with van der Waals surface area (Å²) < 4.78 is 26.1.